The molecule has 0 fully saturated rings. The summed E-state index contributed by atoms with van der Waals surface area (Å²) in [5.74, 6) is 2.43. The van der Waals surface area contributed by atoms with E-state index in [0.29, 0.717) is 15.6 Å². The topological polar surface area (TPSA) is 0 Å². The maximum atomic E-state index is 5.70. The second kappa shape index (κ2) is 2.96. The number of terminal acetylenes is 1. The summed E-state index contributed by atoms with van der Waals surface area (Å²) in [6.07, 6.45) is 5.12. The Labute approximate surface area is 69.8 Å². The minimum atomic E-state index is 0.523. The molecule has 0 aromatic heterocycles. The molecular weight excluding hydrogens is 167 g/mol. The lowest BCUT2D eigenvalue weighted by Gasteiger charge is -1.94. The smallest absolute Gasteiger partial charge is 0.0577 e. The maximum absolute atomic E-state index is 5.70. The van der Waals surface area contributed by atoms with Crippen LogP contribution in [0.2, 0.25) is 10.0 Å². The van der Waals surface area contributed by atoms with Crippen molar-refractivity contribution in [1.29, 1.82) is 0 Å². The van der Waals surface area contributed by atoms with E-state index in [0.717, 1.165) is 0 Å². The molecule has 1 aromatic carbocycles. The van der Waals surface area contributed by atoms with Crippen molar-refractivity contribution in [1.82, 2.24) is 0 Å². The van der Waals surface area contributed by atoms with E-state index >= 15 is 0 Å². The van der Waals surface area contributed by atoms with E-state index in [1.165, 1.54) is 0 Å². The van der Waals surface area contributed by atoms with E-state index in [-0.39, 0.29) is 0 Å². The van der Waals surface area contributed by atoms with Crippen LogP contribution in [0.25, 0.3) is 0 Å². The SMILES string of the molecule is C#Cc1ccc(Cl)cc1Cl. The molecule has 0 N–H and O–H groups in total. The normalized spacial score (nSPS) is 8.90. The first-order valence-electron chi connectivity index (χ1n) is 2.65. The van der Waals surface area contributed by atoms with Crippen molar-refractivity contribution in [3.8, 4) is 12.3 Å². The number of hydrogen-bond acceptors (Lipinski definition) is 0. The van der Waals surface area contributed by atoms with Gasteiger partial charge in [-0.05, 0) is 18.2 Å². The highest BCUT2D eigenvalue weighted by molar-refractivity contribution is 6.35. The van der Waals surface area contributed by atoms with Crippen LogP contribution in [0, 0.1) is 12.3 Å². The third kappa shape index (κ3) is 1.44. The zero-order chi connectivity index (χ0) is 7.56. The van der Waals surface area contributed by atoms with Crippen molar-refractivity contribution in [3.05, 3.63) is 33.8 Å². The Kier molecular flexibility index (Phi) is 2.21. The molecule has 50 valence electrons. The summed E-state index contributed by atoms with van der Waals surface area (Å²) in [6.45, 7) is 0. The van der Waals surface area contributed by atoms with Crippen LogP contribution in [0.3, 0.4) is 0 Å². The molecule has 0 saturated heterocycles. The quantitative estimate of drug-likeness (QED) is 0.526. The third-order valence-corrected chi connectivity index (χ3v) is 1.63. The fourth-order valence-corrected chi connectivity index (χ4v) is 1.07. The number of benzene rings is 1. The van der Waals surface area contributed by atoms with E-state index < -0.39 is 0 Å². The van der Waals surface area contributed by atoms with Crippen LogP contribution in [0.5, 0.6) is 0 Å². The fraction of sp³-hybridized carbons (Fsp3) is 0. The summed E-state index contributed by atoms with van der Waals surface area (Å²) in [4.78, 5) is 0. The Morgan fingerprint density at radius 1 is 1.30 bits per heavy atom. The molecule has 0 atom stereocenters. The summed E-state index contributed by atoms with van der Waals surface area (Å²) in [6, 6.07) is 5.05. The zero-order valence-corrected chi connectivity index (χ0v) is 6.58. The van der Waals surface area contributed by atoms with Gasteiger partial charge in [0.1, 0.15) is 0 Å². The Morgan fingerprint density at radius 2 is 2.00 bits per heavy atom. The maximum Gasteiger partial charge on any atom is 0.0577 e. The first-order valence-corrected chi connectivity index (χ1v) is 3.41. The molecule has 1 rings (SSSR count). The summed E-state index contributed by atoms with van der Waals surface area (Å²) in [5, 5.41) is 1.12. The van der Waals surface area contributed by atoms with Crippen LogP contribution in [-0.4, -0.2) is 0 Å². The van der Waals surface area contributed by atoms with Gasteiger partial charge >= 0.3 is 0 Å². The standard InChI is InChI=1S/C8H4Cl2/c1-2-6-3-4-7(9)5-8(6)10/h1,3-5H. The van der Waals surface area contributed by atoms with Gasteiger partial charge in [0.2, 0.25) is 0 Å². The molecule has 0 radical (unpaired) electrons. The Hall–Kier alpha value is -0.640. The molecule has 0 nitrogen and oxygen atoms in total. The first kappa shape index (κ1) is 7.47. The lowest BCUT2D eigenvalue weighted by molar-refractivity contribution is 1.65. The van der Waals surface area contributed by atoms with Crippen LogP contribution < -0.4 is 0 Å². The van der Waals surface area contributed by atoms with Gasteiger partial charge in [0, 0.05) is 10.6 Å². The van der Waals surface area contributed by atoms with E-state index in [1.807, 2.05) is 0 Å². The van der Waals surface area contributed by atoms with Crippen LogP contribution in [0.4, 0.5) is 0 Å². The van der Waals surface area contributed by atoms with Gasteiger partial charge in [0.05, 0.1) is 5.02 Å². The molecule has 0 spiro atoms. The molecule has 1 aromatic rings. The van der Waals surface area contributed by atoms with Crippen molar-refractivity contribution >= 4 is 23.2 Å². The van der Waals surface area contributed by atoms with E-state index in [4.69, 9.17) is 29.6 Å². The molecule has 0 saturated carbocycles. The van der Waals surface area contributed by atoms with Gasteiger partial charge in [-0.3, -0.25) is 0 Å². The van der Waals surface area contributed by atoms with Gasteiger partial charge in [-0.15, -0.1) is 6.42 Å². The fourth-order valence-electron chi connectivity index (χ4n) is 0.607. The van der Waals surface area contributed by atoms with Crippen LogP contribution in [0.15, 0.2) is 18.2 Å². The van der Waals surface area contributed by atoms with Gasteiger partial charge in [0.25, 0.3) is 0 Å². The van der Waals surface area contributed by atoms with E-state index in [1.54, 1.807) is 18.2 Å². The van der Waals surface area contributed by atoms with Crippen molar-refractivity contribution in [2.75, 3.05) is 0 Å². The lowest BCUT2D eigenvalue weighted by Crippen LogP contribution is -1.74. The van der Waals surface area contributed by atoms with Crippen LogP contribution in [0.1, 0.15) is 5.56 Å². The summed E-state index contributed by atoms with van der Waals surface area (Å²) in [7, 11) is 0. The van der Waals surface area contributed by atoms with Crippen LogP contribution in [-0.2, 0) is 0 Å². The summed E-state index contributed by atoms with van der Waals surface area (Å²) >= 11 is 11.3. The van der Waals surface area contributed by atoms with Gasteiger partial charge in [0.15, 0.2) is 0 Å². The molecule has 0 bridgehead atoms. The predicted molar refractivity (Wildman–Crippen MR) is 44.4 cm³/mol. The largest absolute Gasteiger partial charge is 0.115 e. The van der Waals surface area contributed by atoms with Gasteiger partial charge in [-0.25, -0.2) is 0 Å². The third-order valence-electron chi connectivity index (χ3n) is 1.09. The molecule has 0 aliphatic carbocycles. The molecule has 0 unspecified atom stereocenters. The van der Waals surface area contributed by atoms with E-state index in [2.05, 4.69) is 5.92 Å². The average Bonchev–Trinajstić information content (AvgIpc) is 1.88. The van der Waals surface area contributed by atoms with Crippen molar-refractivity contribution in [2.45, 2.75) is 0 Å². The van der Waals surface area contributed by atoms with Gasteiger partial charge in [-0.2, -0.15) is 0 Å². The van der Waals surface area contributed by atoms with Crippen molar-refractivity contribution in [2.24, 2.45) is 0 Å². The van der Waals surface area contributed by atoms with Gasteiger partial charge < -0.3 is 0 Å². The zero-order valence-electron chi connectivity index (χ0n) is 5.07. The van der Waals surface area contributed by atoms with Crippen molar-refractivity contribution in [3.63, 3.8) is 0 Å². The van der Waals surface area contributed by atoms with Crippen LogP contribution >= 0.6 is 23.2 Å². The Morgan fingerprint density at radius 3 is 2.50 bits per heavy atom. The Balaban J connectivity index is 3.23. The minimum Gasteiger partial charge on any atom is -0.115 e. The monoisotopic (exact) mass is 170 g/mol. The molecule has 10 heavy (non-hydrogen) atoms. The summed E-state index contributed by atoms with van der Waals surface area (Å²) in [5.41, 5.74) is 0.672. The molecule has 2 heteroatoms. The Bertz CT molecular complexity index is 284. The molecule has 0 amide bonds. The molecular formula is C8H4Cl2. The van der Waals surface area contributed by atoms with Gasteiger partial charge in [-0.1, -0.05) is 29.1 Å². The minimum absolute atomic E-state index is 0.523. The lowest BCUT2D eigenvalue weighted by atomic mass is 10.2. The highest BCUT2D eigenvalue weighted by Gasteiger charge is 1.95. The number of halogens is 2. The second-order valence-electron chi connectivity index (χ2n) is 1.77. The van der Waals surface area contributed by atoms with E-state index in [9.17, 15) is 0 Å². The van der Waals surface area contributed by atoms with Crippen molar-refractivity contribution < 1.29 is 0 Å². The first-order chi connectivity index (χ1) is 4.74. The molecule has 0 heterocycles. The second-order valence-corrected chi connectivity index (χ2v) is 2.61. The number of hydrogen-bond donors (Lipinski definition) is 0. The predicted octanol–water partition coefficient (Wildman–Crippen LogP) is 2.97. The highest BCUT2D eigenvalue weighted by Crippen LogP contribution is 2.19. The number of rotatable bonds is 0. The highest BCUT2D eigenvalue weighted by atomic mass is 35.5. The molecule has 0 aliphatic rings. The summed E-state index contributed by atoms with van der Waals surface area (Å²) < 4.78 is 0. The molecule has 0 aliphatic heterocycles. The average molecular weight is 171 g/mol.